The maximum absolute atomic E-state index is 12.1. The average Bonchev–Trinajstić information content (AvgIpc) is 2.72. The van der Waals surface area contributed by atoms with Crippen LogP contribution in [0.4, 0.5) is 0 Å². The second kappa shape index (κ2) is 6.65. The van der Waals surface area contributed by atoms with Crippen molar-refractivity contribution in [3.63, 3.8) is 0 Å². The number of hydrogen-bond acceptors (Lipinski definition) is 4. The summed E-state index contributed by atoms with van der Waals surface area (Å²) in [6.45, 7) is 6.93. The molecule has 3 N–H and O–H groups in total. The highest BCUT2D eigenvalue weighted by molar-refractivity contribution is 7.91. The number of nitrogens with one attached hydrogen (secondary N) is 1. The molecule has 0 unspecified atom stereocenters. The molecule has 0 amide bonds. The van der Waals surface area contributed by atoms with Crippen molar-refractivity contribution in [2.75, 3.05) is 6.54 Å². The molecule has 1 aromatic rings. The zero-order valence-electron chi connectivity index (χ0n) is 11.2. The summed E-state index contributed by atoms with van der Waals surface area (Å²) in [5, 5.41) is 0. The van der Waals surface area contributed by atoms with Crippen LogP contribution in [0.15, 0.2) is 10.3 Å². The predicted octanol–water partition coefficient (Wildman–Crippen LogP) is 2.23. The third-order valence-corrected chi connectivity index (χ3v) is 6.32. The van der Waals surface area contributed by atoms with Crippen molar-refractivity contribution in [1.29, 1.82) is 0 Å². The minimum absolute atomic E-state index is 0.367. The first-order chi connectivity index (χ1) is 8.44. The summed E-state index contributed by atoms with van der Waals surface area (Å²) in [5.74, 6) is 0.398. The van der Waals surface area contributed by atoms with Crippen LogP contribution in [0.3, 0.4) is 0 Å². The number of thiophene rings is 1. The summed E-state index contributed by atoms with van der Waals surface area (Å²) in [6, 6.07) is 1.70. The van der Waals surface area contributed by atoms with E-state index in [0.29, 0.717) is 23.2 Å². The Morgan fingerprint density at radius 1 is 1.39 bits per heavy atom. The summed E-state index contributed by atoms with van der Waals surface area (Å²) in [7, 11) is -3.37. The van der Waals surface area contributed by atoms with Crippen LogP contribution in [-0.2, 0) is 16.6 Å². The van der Waals surface area contributed by atoms with E-state index in [1.54, 1.807) is 6.07 Å². The van der Waals surface area contributed by atoms with Crippen LogP contribution in [0.1, 0.15) is 37.1 Å². The van der Waals surface area contributed by atoms with E-state index in [2.05, 4.69) is 18.6 Å². The molecule has 0 aromatic carbocycles. The Morgan fingerprint density at radius 3 is 2.44 bits per heavy atom. The Labute approximate surface area is 114 Å². The molecule has 1 heterocycles. The van der Waals surface area contributed by atoms with E-state index in [1.165, 1.54) is 11.3 Å². The average molecular weight is 290 g/mol. The van der Waals surface area contributed by atoms with E-state index in [0.717, 1.165) is 23.3 Å². The highest BCUT2D eigenvalue weighted by atomic mass is 32.2. The van der Waals surface area contributed by atoms with Gasteiger partial charge in [0.05, 0.1) is 0 Å². The molecule has 0 radical (unpaired) electrons. The Balaban J connectivity index is 2.79. The number of nitrogens with two attached hydrogens (primary N) is 1. The van der Waals surface area contributed by atoms with Gasteiger partial charge >= 0.3 is 0 Å². The molecule has 0 spiro atoms. The largest absolute Gasteiger partial charge is 0.326 e. The maximum Gasteiger partial charge on any atom is 0.250 e. The van der Waals surface area contributed by atoms with Crippen LogP contribution in [0.2, 0.25) is 0 Å². The molecule has 104 valence electrons. The van der Waals surface area contributed by atoms with E-state index >= 15 is 0 Å². The predicted molar refractivity (Wildman–Crippen MR) is 76.2 cm³/mol. The van der Waals surface area contributed by atoms with Gasteiger partial charge in [-0.2, -0.15) is 0 Å². The molecule has 0 saturated heterocycles. The Bertz CT molecular complexity index is 476. The summed E-state index contributed by atoms with van der Waals surface area (Å²) >= 11 is 1.26. The summed E-state index contributed by atoms with van der Waals surface area (Å²) < 4.78 is 27.3. The molecule has 6 heteroatoms. The molecule has 1 aromatic heterocycles. The van der Waals surface area contributed by atoms with Gasteiger partial charge in [0.2, 0.25) is 10.0 Å². The first-order valence-corrected chi connectivity index (χ1v) is 8.53. The van der Waals surface area contributed by atoms with Gasteiger partial charge in [0.25, 0.3) is 0 Å². The molecule has 1 rings (SSSR count). The van der Waals surface area contributed by atoms with Crippen molar-refractivity contribution in [2.24, 2.45) is 11.7 Å². The lowest BCUT2D eigenvalue weighted by atomic mass is 10.0. The Morgan fingerprint density at radius 2 is 2.00 bits per heavy atom. The number of rotatable bonds is 7. The third-order valence-electron chi connectivity index (χ3n) is 3.16. The van der Waals surface area contributed by atoms with Crippen molar-refractivity contribution >= 4 is 21.4 Å². The highest BCUT2D eigenvalue weighted by Gasteiger charge is 2.19. The summed E-state index contributed by atoms with van der Waals surface area (Å²) in [6.07, 6.45) is 1.97. The van der Waals surface area contributed by atoms with Crippen LogP contribution in [0.25, 0.3) is 0 Å². The van der Waals surface area contributed by atoms with Gasteiger partial charge in [0, 0.05) is 18.0 Å². The fourth-order valence-electron chi connectivity index (χ4n) is 1.70. The molecule has 0 aliphatic rings. The molecular formula is C12H22N2O2S2. The summed E-state index contributed by atoms with van der Waals surface area (Å²) in [4.78, 5) is 0.929. The number of sulfonamides is 1. The molecule has 0 saturated carbocycles. The minimum atomic E-state index is -3.37. The lowest BCUT2D eigenvalue weighted by Gasteiger charge is -2.12. The molecule has 0 atom stereocenters. The van der Waals surface area contributed by atoms with E-state index < -0.39 is 10.0 Å². The third kappa shape index (κ3) is 3.78. The smallest absolute Gasteiger partial charge is 0.250 e. The molecule has 0 aliphatic carbocycles. The second-order valence-corrected chi connectivity index (χ2v) is 7.54. The topological polar surface area (TPSA) is 72.2 Å². The van der Waals surface area contributed by atoms with Gasteiger partial charge in [0.1, 0.15) is 4.21 Å². The molecule has 0 fully saturated rings. The van der Waals surface area contributed by atoms with Gasteiger partial charge in [0.15, 0.2) is 0 Å². The van der Waals surface area contributed by atoms with Gasteiger partial charge in [-0.1, -0.05) is 26.7 Å². The van der Waals surface area contributed by atoms with Crippen molar-refractivity contribution in [3.05, 3.63) is 16.5 Å². The van der Waals surface area contributed by atoms with Crippen LogP contribution in [0.5, 0.6) is 0 Å². The first kappa shape index (κ1) is 15.6. The molecular weight excluding hydrogens is 268 g/mol. The lowest BCUT2D eigenvalue weighted by Crippen LogP contribution is -2.28. The second-order valence-electron chi connectivity index (χ2n) is 4.41. The molecule has 0 bridgehead atoms. The minimum Gasteiger partial charge on any atom is -0.326 e. The van der Waals surface area contributed by atoms with Crippen molar-refractivity contribution in [3.8, 4) is 0 Å². The molecule has 4 nitrogen and oxygen atoms in total. The SMILES string of the molecule is CCC(CC)CNS(=O)(=O)c1cc(C)c(CN)s1. The Hall–Kier alpha value is -0.430. The van der Waals surface area contributed by atoms with E-state index in [9.17, 15) is 8.42 Å². The van der Waals surface area contributed by atoms with Gasteiger partial charge in [-0.05, 0) is 24.5 Å². The van der Waals surface area contributed by atoms with Crippen LogP contribution < -0.4 is 10.5 Å². The van der Waals surface area contributed by atoms with E-state index in [4.69, 9.17) is 5.73 Å². The fraction of sp³-hybridized carbons (Fsp3) is 0.667. The highest BCUT2D eigenvalue weighted by Crippen LogP contribution is 2.25. The van der Waals surface area contributed by atoms with E-state index in [1.807, 2.05) is 6.92 Å². The van der Waals surface area contributed by atoms with Gasteiger partial charge in [-0.3, -0.25) is 0 Å². The van der Waals surface area contributed by atoms with E-state index in [-0.39, 0.29) is 0 Å². The monoisotopic (exact) mass is 290 g/mol. The zero-order chi connectivity index (χ0) is 13.8. The Kier molecular flexibility index (Phi) is 5.78. The first-order valence-electron chi connectivity index (χ1n) is 6.23. The molecule has 0 aliphatic heterocycles. The molecule has 18 heavy (non-hydrogen) atoms. The quantitative estimate of drug-likeness (QED) is 0.809. The number of aryl methyl sites for hydroxylation is 1. The van der Waals surface area contributed by atoms with Gasteiger partial charge in [-0.25, -0.2) is 13.1 Å². The fourth-order valence-corrected chi connectivity index (χ4v) is 4.33. The van der Waals surface area contributed by atoms with Crippen molar-refractivity contribution < 1.29 is 8.42 Å². The van der Waals surface area contributed by atoms with Gasteiger partial charge in [-0.15, -0.1) is 11.3 Å². The van der Waals surface area contributed by atoms with Crippen LogP contribution in [-0.4, -0.2) is 15.0 Å². The van der Waals surface area contributed by atoms with Crippen LogP contribution in [0, 0.1) is 12.8 Å². The van der Waals surface area contributed by atoms with Crippen LogP contribution >= 0.6 is 11.3 Å². The normalized spacial score (nSPS) is 12.3. The number of hydrogen-bond donors (Lipinski definition) is 2. The lowest BCUT2D eigenvalue weighted by molar-refractivity contribution is 0.479. The van der Waals surface area contributed by atoms with Gasteiger partial charge < -0.3 is 5.73 Å². The standard InChI is InChI=1S/C12H22N2O2S2/c1-4-10(5-2)8-14-18(15,16)12-6-9(3)11(7-13)17-12/h6,10,14H,4-5,7-8,13H2,1-3H3. The summed E-state index contributed by atoms with van der Waals surface area (Å²) in [5.41, 5.74) is 6.52. The van der Waals surface area contributed by atoms with Crippen molar-refractivity contribution in [1.82, 2.24) is 4.72 Å². The zero-order valence-corrected chi connectivity index (χ0v) is 12.8. The van der Waals surface area contributed by atoms with Crippen molar-refractivity contribution in [2.45, 2.75) is 44.4 Å². The maximum atomic E-state index is 12.1.